The highest BCUT2D eigenvalue weighted by molar-refractivity contribution is 5.76. The van der Waals surface area contributed by atoms with Gasteiger partial charge in [0.15, 0.2) is 5.69 Å². The molecule has 1 aromatic rings. The van der Waals surface area contributed by atoms with Crippen LogP contribution in [0, 0.1) is 6.92 Å². The minimum Gasteiger partial charge on any atom is -0.352 e. The van der Waals surface area contributed by atoms with Gasteiger partial charge >= 0.3 is 6.18 Å². The minimum absolute atomic E-state index is 0.0934. The van der Waals surface area contributed by atoms with Crippen molar-refractivity contribution in [3.63, 3.8) is 0 Å². The van der Waals surface area contributed by atoms with Gasteiger partial charge in [-0.25, -0.2) is 4.98 Å². The van der Waals surface area contributed by atoms with Crippen LogP contribution < -0.4 is 10.9 Å². The number of aryl methyl sites for hydroxylation is 1. The molecule has 21 heavy (non-hydrogen) atoms. The van der Waals surface area contributed by atoms with E-state index in [0.717, 1.165) is 30.3 Å². The standard InChI is InChI=1S/C13H16F3N3O2/c1-8-17-10(13(14,15)16)6-12(21)19(8)7-11(20)18-9-4-2-3-5-9/h6,9H,2-5,7H2,1H3,(H,18,20). The first kappa shape index (κ1) is 15.5. The van der Waals surface area contributed by atoms with Crippen molar-refractivity contribution in [1.82, 2.24) is 14.9 Å². The summed E-state index contributed by atoms with van der Waals surface area (Å²) >= 11 is 0. The largest absolute Gasteiger partial charge is 0.433 e. The fraction of sp³-hybridized carbons (Fsp3) is 0.615. The Morgan fingerprint density at radius 3 is 2.57 bits per heavy atom. The SMILES string of the molecule is Cc1nc(C(F)(F)F)cc(=O)n1CC(=O)NC1CCCC1. The van der Waals surface area contributed by atoms with Crippen LogP contribution in [0.5, 0.6) is 0 Å². The van der Waals surface area contributed by atoms with E-state index in [1.165, 1.54) is 6.92 Å². The molecule has 116 valence electrons. The Labute approximate surface area is 119 Å². The summed E-state index contributed by atoms with van der Waals surface area (Å²) in [6.45, 7) is 0.964. The van der Waals surface area contributed by atoms with E-state index in [4.69, 9.17) is 0 Å². The van der Waals surface area contributed by atoms with Crippen LogP contribution in [0.15, 0.2) is 10.9 Å². The van der Waals surface area contributed by atoms with Crippen LogP contribution in [0.2, 0.25) is 0 Å². The monoisotopic (exact) mass is 303 g/mol. The smallest absolute Gasteiger partial charge is 0.352 e. The molecule has 1 amide bonds. The maximum Gasteiger partial charge on any atom is 0.433 e. The summed E-state index contributed by atoms with van der Waals surface area (Å²) in [6, 6.07) is 0.506. The van der Waals surface area contributed by atoms with Crippen LogP contribution in [-0.4, -0.2) is 21.5 Å². The predicted octanol–water partition coefficient (Wildman–Crippen LogP) is 1.63. The summed E-state index contributed by atoms with van der Waals surface area (Å²) in [4.78, 5) is 26.9. The first-order chi connectivity index (χ1) is 9.77. The molecule has 5 nitrogen and oxygen atoms in total. The first-order valence-corrected chi connectivity index (χ1v) is 6.72. The Morgan fingerprint density at radius 2 is 2.05 bits per heavy atom. The van der Waals surface area contributed by atoms with Gasteiger partial charge in [0.1, 0.15) is 12.4 Å². The van der Waals surface area contributed by atoms with E-state index in [2.05, 4.69) is 10.3 Å². The topological polar surface area (TPSA) is 64.0 Å². The third-order valence-corrected chi connectivity index (χ3v) is 3.51. The van der Waals surface area contributed by atoms with Gasteiger partial charge in [0, 0.05) is 12.1 Å². The Morgan fingerprint density at radius 1 is 1.43 bits per heavy atom. The normalized spacial score (nSPS) is 16.2. The van der Waals surface area contributed by atoms with Crippen molar-refractivity contribution in [3.05, 3.63) is 27.9 Å². The second-order valence-electron chi connectivity index (χ2n) is 5.16. The molecule has 1 aromatic heterocycles. The molecule has 1 aliphatic rings. The van der Waals surface area contributed by atoms with Gasteiger partial charge in [0.05, 0.1) is 0 Å². The van der Waals surface area contributed by atoms with Gasteiger partial charge in [0.2, 0.25) is 5.91 Å². The lowest BCUT2D eigenvalue weighted by molar-refractivity contribution is -0.141. The molecule has 0 atom stereocenters. The van der Waals surface area contributed by atoms with Crippen molar-refractivity contribution < 1.29 is 18.0 Å². The Balaban J connectivity index is 2.13. The van der Waals surface area contributed by atoms with Crippen LogP contribution in [0.25, 0.3) is 0 Å². The van der Waals surface area contributed by atoms with E-state index in [9.17, 15) is 22.8 Å². The Hall–Kier alpha value is -1.86. The van der Waals surface area contributed by atoms with Crippen LogP contribution in [0.4, 0.5) is 13.2 Å². The summed E-state index contributed by atoms with van der Waals surface area (Å²) in [5.41, 5.74) is -2.12. The van der Waals surface area contributed by atoms with E-state index in [0.29, 0.717) is 6.07 Å². The fourth-order valence-electron chi connectivity index (χ4n) is 2.45. The number of carbonyl (C=O) groups is 1. The third kappa shape index (κ3) is 3.83. The molecule has 1 heterocycles. The number of alkyl halides is 3. The highest BCUT2D eigenvalue weighted by atomic mass is 19.4. The molecule has 0 saturated heterocycles. The molecule has 1 saturated carbocycles. The summed E-state index contributed by atoms with van der Waals surface area (Å²) in [7, 11) is 0. The Kier molecular flexibility index (Phi) is 4.34. The molecule has 0 unspecified atom stereocenters. The maximum absolute atomic E-state index is 12.5. The predicted molar refractivity (Wildman–Crippen MR) is 68.6 cm³/mol. The lowest BCUT2D eigenvalue weighted by atomic mass is 10.2. The molecule has 0 aromatic carbocycles. The van der Waals surface area contributed by atoms with Crippen LogP contribution in [0.1, 0.15) is 37.2 Å². The second-order valence-corrected chi connectivity index (χ2v) is 5.16. The molecule has 1 N–H and O–H groups in total. The highest BCUT2D eigenvalue weighted by Gasteiger charge is 2.33. The van der Waals surface area contributed by atoms with Gasteiger partial charge in [-0.3, -0.25) is 14.2 Å². The number of carbonyl (C=O) groups excluding carboxylic acids is 1. The summed E-state index contributed by atoms with van der Waals surface area (Å²) in [5.74, 6) is -0.509. The molecule has 0 aliphatic heterocycles. The molecular formula is C13H16F3N3O2. The van der Waals surface area contributed by atoms with Crippen molar-refractivity contribution in [2.75, 3.05) is 0 Å². The van der Waals surface area contributed by atoms with Gasteiger partial charge in [-0.2, -0.15) is 13.2 Å². The van der Waals surface area contributed by atoms with Crippen molar-refractivity contribution in [3.8, 4) is 0 Å². The zero-order valence-electron chi connectivity index (χ0n) is 11.5. The number of aromatic nitrogens is 2. The van der Waals surface area contributed by atoms with Crippen LogP contribution in [0.3, 0.4) is 0 Å². The number of rotatable bonds is 3. The molecule has 1 aliphatic carbocycles. The minimum atomic E-state index is -4.67. The van der Waals surface area contributed by atoms with E-state index in [-0.39, 0.29) is 24.3 Å². The zero-order valence-corrected chi connectivity index (χ0v) is 11.5. The number of nitrogens with zero attached hydrogens (tertiary/aromatic N) is 2. The molecular weight excluding hydrogens is 287 g/mol. The van der Waals surface area contributed by atoms with E-state index < -0.39 is 17.4 Å². The van der Waals surface area contributed by atoms with E-state index in [1.54, 1.807) is 0 Å². The van der Waals surface area contributed by atoms with Crippen molar-refractivity contribution in [2.24, 2.45) is 0 Å². The third-order valence-electron chi connectivity index (χ3n) is 3.51. The van der Waals surface area contributed by atoms with Gasteiger partial charge < -0.3 is 5.32 Å². The number of hydrogen-bond donors (Lipinski definition) is 1. The summed E-state index contributed by atoms with van der Waals surface area (Å²) < 4.78 is 38.5. The maximum atomic E-state index is 12.5. The van der Waals surface area contributed by atoms with Gasteiger partial charge in [-0.05, 0) is 19.8 Å². The van der Waals surface area contributed by atoms with Crippen molar-refractivity contribution in [1.29, 1.82) is 0 Å². The first-order valence-electron chi connectivity index (χ1n) is 6.72. The van der Waals surface area contributed by atoms with Crippen molar-refractivity contribution in [2.45, 2.75) is 51.4 Å². The van der Waals surface area contributed by atoms with Crippen LogP contribution >= 0.6 is 0 Å². The number of hydrogen-bond acceptors (Lipinski definition) is 3. The molecule has 0 radical (unpaired) electrons. The zero-order chi connectivity index (χ0) is 15.6. The number of nitrogens with one attached hydrogen (secondary N) is 1. The van der Waals surface area contributed by atoms with Crippen molar-refractivity contribution >= 4 is 5.91 Å². The van der Waals surface area contributed by atoms with Crippen LogP contribution in [-0.2, 0) is 17.5 Å². The average molecular weight is 303 g/mol. The van der Waals surface area contributed by atoms with Gasteiger partial charge in [0.25, 0.3) is 5.56 Å². The molecule has 1 fully saturated rings. The quantitative estimate of drug-likeness (QED) is 0.923. The number of halogens is 3. The van der Waals surface area contributed by atoms with Gasteiger partial charge in [-0.15, -0.1) is 0 Å². The number of amides is 1. The second kappa shape index (κ2) is 5.87. The summed E-state index contributed by atoms with van der Waals surface area (Å²) in [5, 5.41) is 2.78. The lowest BCUT2D eigenvalue weighted by Crippen LogP contribution is -2.38. The molecule has 8 heteroatoms. The van der Waals surface area contributed by atoms with E-state index >= 15 is 0 Å². The molecule has 0 spiro atoms. The summed E-state index contributed by atoms with van der Waals surface area (Å²) in [6.07, 6.45) is -0.789. The highest BCUT2D eigenvalue weighted by Crippen LogP contribution is 2.26. The molecule has 0 bridgehead atoms. The van der Waals surface area contributed by atoms with Gasteiger partial charge in [-0.1, -0.05) is 12.8 Å². The Bertz CT molecular complexity index is 589. The fourth-order valence-corrected chi connectivity index (χ4v) is 2.45. The molecule has 2 rings (SSSR count). The lowest BCUT2D eigenvalue weighted by Gasteiger charge is -2.15. The average Bonchev–Trinajstić information content (AvgIpc) is 2.85. The van der Waals surface area contributed by atoms with E-state index in [1.807, 2.05) is 0 Å².